The molecule has 2 unspecified atom stereocenters. The molecule has 0 spiro atoms. The minimum atomic E-state index is 0.318. The zero-order chi connectivity index (χ0) is 24.3. The van der Waals surface area contributed by atoms with Gasteiger partial charge in [0.2, 0.25) is 0 Å². The Kier molecular flexibility index (Phi) is 7.00. The van der Waals surface area contributed by atoms with Gasteiger partial charge in [0, 0.05) is 50.2 Å². The normalized spacial score (nSPS) is 26.3. The largest absolute Gasteiger partial charge is 0.493 e. The van der Waals surface area contributed by atoms with Crippen LogP contribution in [0.15, 0.2) is 66.4 Å². The zero-order valence-electron chi connectivity index (χ0n) is 21.5. The van der Waals surface area contributed by atoms with Crippen LogP contribution in [-0.2, 0) is 6.54 Å². The van der Waals surface area contributed by atoms with E-state index in [0.717, 1.165) is 80.9 Å². The summed E-state index contributed by atoms with van der Waals surface area (Å²) in [5, 5.41) is 0. The highest BCUT2D eigenvalue weighted by Gasteiger charge is 2.35. The van der Waals surface area contributed by atoms with Crippen molar-refractivity contribution in [2.24, 2.45) is 11.8 Å². The standard InChI is InChI=1S/C31H39N3O2/c1-35-30-13-12-27(20-31(30)36-29-10-2-3-11-29)34-16-15-33(21-26-9-4-5-14-32-26)28(22-34)18-23-7-6-8-24-19-25(24)17-23/h4-6,8-9,12-14,17,20,24-25,28-29H,2-3,7,10-11,15-16,18-19,21-22H2,1H3/t24?,25?,28-/m0/s1. The number of hydrogen-bond acceptors (Lipinski definition) is 5. The SMILES string of the molecule is COc1ccc(N2CCN(Cc3ccccn3)[C@@H](CC3=CC4CC4C=CC3)C2)cc1OC1CCCC1. The maximum absolute atomic E-state index is 6.42. The number of rotatable bonds is 8. The number of nitrogens with zero attached hydrogens (tertiary/aromatic N) is 3. The lowest BCUT2D eigenvalue weighted by atomic mass is 9.98. The average Bonchev–Trinajstić information content (AvgIpc) is 3.48. The Hall–Kier alpha value is -2.79. The Morgan fingerprint density at radius 2 is 1.94 bits per heavy atom. The van der Waals surface area contributed by atoms with Gasteiger partial charge in [-0.05, 0) is 81.0 Å². The molecule has 1 aromatic heterocycles. The van der Waals surface area contributed by atoms with Gasteiger partial charge in [-0.15, -0.1) is 0 Å². The second-order valence-corrected chi connectivity index (χ2v) is 11.0. The lowest BCUT2D eigenvalue weighted by molar-refractivity contribution is 0.164. The summed E-state index contributed by atoms with van der Waals surface area (Å²) in [5.74, 6) is 3.31. The van der Waals surface area contributed by atoms with E-state index in [1.165, 1.54) is 24.9 Å². The van der Waals surface area contributed by atoms with Gasteiger partial charge in [0.25, 0.3) is 0 Å². The van der Waals surface area contributed by atoms with E-state index in [1.807, 2.05) is 12.3 Å². The molecule has 0 bridgehead atoms. The van der Waals surface area contributed by atoms with Crippen LogP contribution < -0.4 is 14.4 Å². The summed E-state index contributed by atoms with van der Waals surface area (Å²) >= 11 is 0. The van der Waals surface area contributed by atoms with Gasteiger partial charge in [0.1, 0.15) is 0 Å². The molecule has 1 saturated heterocycles. The zero-order valence-corrected chi connectivity index (χ0v) is 21.5. The van der Waals surface area contributed by atoms with Crippen molar-refractivity contribution < 1.29 is 9.47 Å². The van der Waals surface area contributed by atoms with E-state index < -0.39 is 0 Å². The number of aromatic nitrogens is 1. The summed E-state index contributed by atoms with van der Waals surface area (Å²) in [7, 11) is 1.74. The Balaban J connectivity index is 1.21. The summed E-state index contributed by atoms with van der Waals surface area (Å²) in [5.41, 5.74) is 4.00. The quantitative estimate of drug-likeness (QED) is 0.428. The van der Waals surface area contributed by atoms with E-state index in [1.54, 1.807) is 12.7 Å². The molecular formula is C31H39N3O2. The first-order valence-corrected chi connectivity index (χ1v) is 13.8. The third kappa shape index (κ3) is 5.46. The minimum Gasteiger partial charge on any atom is -0.493 e. The smallest absolute Gasteiger partial charge is 0.163 e. The van der Waals surface area contributed by atoms with Gasteiger partial charge in [-0.25, -0.2) is 0 Å². The molecule has 2 saturated carbocycles. The molecular weight excluding hydrogens is 446 g/mol. The van der Waals surface area contributed by atoms with Crippen molar-refractivity contribution in [1.82, 2.24) is 9.88 Å². The number of piperazine rings is 1. The maximum Gasteiger partial charge on any atom is 0.163 e. The van der Waals surface area contributed by atoms with Crippen molar-refractivity contribution in [3.05, 3.63) is 72.1 Å². The number of fused-ring (bicyclic) bond motifs is 1. The Morgan fingerprint density at radius 3 is 2.78 bits per heavy atom. The molecule has 5 nitrogen and oxygen atoms in total. The second kappa shape index (κ2) is 10.7. The summed E-state index contributed by atoms with van der Waals surface area (Å²) < 4.78 is 12.1. The molecule has 3 aliphatic carbocycles. The number of benzene rings is 1. The number of anilines is 1. The molecule has 3 atom stereocenters. The molecule has 36 heavy (non-hydrogen) atoms. The fraction of sp³-hybridized carbons (Fsp3) is 0.516. The highest BCUT2D eigenvalue weighted by Crippen LogP contribution is 2.44. The number of hydrogen-bond donors (Lipinski definition) is 0. The van der Waals surface area contributed by atoms with Crippen LogP contribution in [-0.4, -0.2) is 48.8 Å². The number of ether oxygens (including phenoxy) is 2. The maximum atomic E-state index is 6.42. The Labute approximate surface area is 215 Å². The molecule has 6 rings (SSSR count). The van der Waals surface area contributed by atoms with Gasteiger partial charge in [0.05, 0.1) is 18.9 Å². The predicted molar refractivity (Wildman–Crippen MR) is 145 cm³/mol. The third-order valence-corrected chi connectivity index (χ3v) is 8.41. The highest BCUT2D eigenvalue weighted by atomic mass is 16.5. The topological polar surface area (TPSA) is 37.8 Å². The van der Waals surface area contributed by atoms with E-state index in [4.69, 9.17) is 9.47 Å². The first-order valence-electron chi connectivity index (χ1n) is 13.8. The monoisotopic (exact) mass is 485 g/mol. The van der Waals surface area contributed by atoms with Crippen molar-refractivity contribution >= 4 is 5.69 Å². The highest BCUT2D eigenvalue weighted by molar-refractivity contribution is 5.57. The minimum absolute atomic E-state index is 0.318. The number of pyridine rings is 1. The molecule has 0 N–H and O–H groups in total. The van der Waals surface area contributed by atoms with Crippen LogP contribution in [0.5, 0.6) is 11.5 Å². The van der Waals surface area contributed by atoms with E-state index in [9.17, 15) is 0 Å². The molecule has 0 radical (unpaired) electrons. The van der Waals surface area contributed by atoms with E-state index >= 15 is 0 Å². The summed E-state index contributed by atoms with van der Waals surface area (Å²) in [6, 6.07) is 13.2. The molecule has 1 aliphatic heterocycles. The van der Waals surface area contributed by atoms with Gasteiger partial charge < -0.3 is 14.4 Å². The summed E-state index contributed by atoms with van der Waals surface area (Å²) in [6.45, 7) is 3.95. The molecule has 2 heterocycles. The lowest BCUT2D eigenvalue weighted by Crippen LogP contribution is -2.53. The van der Waals surface area contributed by atoms with E-state index in [2.05, 4.69) is 63.3 Å². The van der Waals surface area contributed by atoms with Crippen LogP contribution in [0, 0.1) is 11.8 Å². The summed E-state index contributed by atoms with van der Waals surface area (Å²) in [6.07, 6.45) is 18.0. The fourth-order valence-corrected chi connectivity index (χ4v) is 6.24. The summed E-state index contributed by atoms with van der Waals surface area (Å²) in [4.78, 5) is 9.83. The third-order valence-electron chi connectivity index (χ3n) is 8.41. The van der Waals surface area contributed by atoms with Crippen LogP contribution in [0.25, 0.3) is 0 Å². The van der Waals surface area contributed by atoms with Crippen LogP contribution in [0.1, 0.15) is 50.6 Å². The molecule has 190 valence electrons. The van der Waals surface area contributed by atoms with Crippen LogP contribution >= 0.6 is 0 Å². The molecule has 3 fully saturated rings. The van der Waals surface area contributed by atoms with Crippen LogP contribution in [0.2, 0.25) is 0 Å². The molecule has 5 heteroatoms. The Bertz CT molecular complexity index is 1090. The van der Waals surface area contributed by atoms with Gasteiger partial charge in [-0.3, -0.25) is 9.88 Å². The van der Waals surface area contributed by atoms with Crippen molar-refractivity contribution in [2.75, 3.05) is 31.6 Å². The number of allylic oxidation sites excluding steroid dienone is 3. The second-order valence-electron chi connectivity index (χ2n) is 11.0. The van der Waals surface area contributed by atoms with E-state index in [0.29, 0.717) is 12.1 Å². The predicted octanol–water partition coefficient (Wildman–Crippen LogP) is 6.01. The van der Waals surface area contributed by atoms with Gasteiger partial charge in [-0.1, -0.05) is 29.9 Å². The molecule has 4 aliphatic rings. The fourth-order valence-electron chi connectivity index (χ4n) is 6.24. The van der Waals surface area contributed by atoms with Crippen LogP contribution in [0.3, 0.4) is 0 Å². The van der Waals surface area contributed by atoms with E-state index in [-0.39, 0.29) is 0 Å². The first-order chi connectivity index (χ1) is 17.7. The van der Waals surface area contributed by atoms with Crippen molar-refractivity contribution in [2.45, 2.75) is 63.6 Å². The van der Waals surface area contributed by atoms with Gasteiger partial charge in [-0.2, -0.15) is 0 Å². The first kappa shape index (κ1) is 23.6. The van der Waals surface area contributed by atoms with Gasteiger partial charge >= 0.3 is 0 Å². The molecule has 2 aromatic rings. The van der Waals surface area contributed by atoms with Crippen molar-refractivity contribution in [3.8, 4) is 11.5 Å². The Morgan fingerprint density at radius 1 is 1.03 bits per heavy atom. The molecule has 0 amide bonds. The average molecular weight is 486 g/mol. The lowest BCUT2D eigenvalue weighted by Gasteiger charge is -2.43. The molecule has 1 aromatic carbocycles. The van der Waals surface area contributed by atoms with Crippen LogP contribution in [0.4, 0.5) is 5.69 Å². The van der Waals surface area contributed by atoms with Gasteiger partial charge in [0.15, 0.2) is 11.5 Å². The number of methoxy groups -OCH3 is 1. The van der Waals surface area contributed by atoms with Crippen molar-refractivity contribution in [3.63, 3.8) is 0 Å². The van der Waals surface area contributed by atoms with Crippen molar-refractivity contribution in [1.29, 1.82) is 0 Å².